The molecule has 9 heteroatoms. The van der Waals surface area contributed by atoms with Gasteiger partial charge in [0.15, 0.2) is 6.17 Å². The van der Waals surface area contributed by atoms with Gasteiger partial charge in [-0.1, -0.05) is 18.2 Å². The van der Waals surface area contributed by atoms with Crippen LogP contribution in [-0.4, -0.2) is 47.5 Å². The molecule has 8 nitrogen and oxygen atoms in total. The average Bonchev–Trinajstić information content (AvgIpc) is 3.32. The molecule has 0 saturated carbocycles. The van der Waals surface area contributed by atoms with E-state index in [1.54, 1.807) is 12.1 Å². The lowest BCUT2D eigenvalue weighted by Gasteiger charge is -2.28. The van der Waals surface area contributed by atoms with E-state index in [0.29, 0.717) is 28.5 Å². The smallest absolute Gasteiger partial charge is 0.242 e. The SMILES string of the molecule is CC(C)Oc1ccc(C2=NC(c3cccc4c3CCCC4NS(=O)CCN(C)C)NO2)cc1C#N. The van der Waals surface area contributed by atoms with Gasteiger partial charge in [-0.15, -0.1) is 5.48 Å². The van der Waals surface area contributed by atoms with Crippen LogP contribution in [0.3, 0.4) is 0 Å². The van der Waals surface area contributed by atoms with E-state index in [-0.39, 0.29) is 18.3 Å². The van der Waals surface area contributed by atoms with Gasteiger partial charge < -0.3 is 14.5 Å². The minimum absolute atomic E-state index is 0.0212. The third-order valence-electron chi connectivity index (χ3n) is 6.06. The second kappa shape index (κ2) is 11.3. The third kappa shape index (κ3) is 6.08. The highest BCUT2D eigenvalue weighted by Crippen LogP contribution is 2.36. The maximum Gasteiger partial charge on any atom is 0.242 e. The van der Waals surface area contributed by atoms with Gasteiger partial charge in [-0.25, -0.2) is 13.9 Å². The number of benzene rings is 2. The van der Waals surface area contributed by atoms with Crippen LogP contribution in [0, 0.1) is 11.3 Å². The minimum Gasteiger partial charge on any atom is -0.490 e. The number of aliphatic imine (C=N–C) groups is 1. The van der Waals surface area contributed by atoms with Crippen LogP contribution in [0.5, 0.6) is 5.75 Å². The van der Waals surface area contributed by atoms with Gasteiger partial charge in [0.05, 0.1) is 28.4 Å². The van der Waals surface area contributed by atoms with Crippen molar-refractivity contribution in [2.75, 3.05) is 26.4 Å². The molecule has 2 aromatic rings. The number of hydrogen-bond acceptors (Lipinski definition) is 7. The Hall–Kier alpha value is -2.77. The summed E-state index contributed by atoms with van der Waals surface area (Å²) in [6.45, 7) is 4.63. The lowest BCUT2D eigenvalue weighted by Crippen LogP contribution is -2.32. The second-order valence-corrected chi connectivity index (χ2v) is 10.7. The highest BCUT2D eigenvalue weighted by atomic mass is 32.2. The molecule has 0 fully saturated rings. The Bertz CT molecular complexity index is 1160. The van der Waals surface area contributed by atoms with Crippen molar-refractivity contribution in [1.29, 1.82) is 5.26 Å². The van der Waals surface area contributed by atoms with Crippen molar-refractivity contribution in [3.8, 4) is 11.8 Å². The Morgan fingerprint density at radius 2 is 2.11 bits per heavy atom. The highest BCUT2D eigenvalue weighted by molar-refractivity contribution is 7.83. The summed E-state index contributed by atoms with van der Waals surface area (Å²) >= 11 is 0. The average molecular weight is 496 g/mol. The maximum atomic E-state index is 12.6. The van der Waals surface area contributed by atoms with Crippen LogP contribution in [0.2, 0.25) is 0 Å². The molecule has 2 aliphatic rings. The number of nitrogens with one attached hydrogen (secondary N) is 2. The van der Waals surface area contributed by atoms with Crippen LogP contribution in [0.1, 0.15) is 66.7 Å². The zero-order valence-corrected chi connectivity index (χ0v) is 21.5. The van der Waals surface area contributed by atoms with Crippen molar-refractivity contribution in [1.82, 2.24) is 15.1 Å². The monoisotopic (exact) mass is 495 g/mol. The van der Waals surface area contributed by atoms with E-state index < -0.39 is 11.0 Å². The summed E-state index contributed by atoms with van der Waals surface area (Å²) in [6.07, 6.45) is 2.54. The summed E-state index contributed by atoms with van der Waals surface area (Å²) in [5, 5.41) is 9.55. The molecule has 2 aromatic carbocycles. The van der Waals surface area contributed by atoms with E-state index in [4.69, 9.17) is 14.6 Å². The van der Waals surface area contributed by atoms with Crippen molar-refractivity contribution >= 4 is 16.9 Å². The standard InChI is InChI=1S/C26H33N5O3S/c1-17(2)33-24-12-11-18(15-19(24)16-27)26-28-25(29-34-26)22-9-5-8-21-20(22)7-6-10-23(21)30-35(32)14-13-31(3)4/h5,8-9,11-12,15,17,23,25,29-30H,6-7,10,13-14H2,1-4H3. The molecule has 1 heterocycles. The number of nitriles is 1. The molecule has 3 unspecified atom stereocenters. The second-order valence-electron chi connectivity index (χ2n) is 9.38. The van der Waals surface area contributed by atoms with E-state index in [0.717, 1.165) is 31.4 Å². The zero-order valence-electron chi connectivity index (χ0n) is 20.7. The zero-order chi connectivity index (χ0) is 24.9. The van der Waals surface area contributed by atoms with Crippen LogP contribution in [-0.2, 0) is 22.2 Å². The van der Waals surface area contributed by atoms with Crippen LogP contribution < -0.4 is 14.9 Å². The fraction of sp³-hybridized carbons (Fsp3) is 0.462. The summed E-state index contributed by atoms with van der Waals surface area (Å²) in [6, 6.07) is 13.8. The molecule has 3 atom stereocenters. The predicted octanol–water partition coefficient (Wildman–Crippen LogP) is 3.52. The fourth-order valence-corrected chi connectivity index (χ4v) is 5.60. The fourth-order valence-electron chi connectivity index (χ4n) is 4.39. The highest BCUT2D eigenvalue weighted by Gasteiger charge is 2.29. The maximum absolute atomic E-state index is 12.6. The Kier molecular flexibility index (Phi) is 8.19. The molecule has 2 N–H and O–H groups in total. The molecule has 186 valence electrons. The van der Waals surface area contributed by atoms with Gasteiger partial charge in [0, 0.05) is 18.2 Å². The largest absolute Gasteiger partial charge is 0.490 e. The molecule has 0 spiro atoms. The van der Waals surface area contributed by atoms with Crippen molar-refractivity contribution < 1.29 is 13.8 Å². The molecular weight excluding hydrogens is 462 g/mol. The summed E-state index contributed by atoms with van der Waals surface area (Å²) in [7, 11) is 2.88. The Morgan fingerprint density at radius 3 is 2.86 bits per heavy atom. The van der Waals surface area contributed by atoms with Crippen LogP contribution in [0.4, 0.5) is 0 Å². The van der Waals surface area contributed by atoms with E-state index in [1.165, 1.54) is 11.1 Å². The summed E-state index contributed by atoms with van der Waals surface area (Å²) in [5.74, 6) is 1.58. The number of fused-ring (bicyclic) bond motifs is 1. The molecule has 4 rings (SSSR count). The Labute approximate surface area is 209 Å². The molecule has 1 aliphatic carbocycles. The van der Waals surface area contributed by atoms with Gasteiger partial charge in [0.2, 0.25) is 5.90 Å². The van der Waals surface area contributed by atoms with Crippen LogP contribution >= 0.6 is 0 Å². The molecule has 0 bridgehead atoms. The normalized spacial score (nSPS) is 20.2. The first-order valence-electron chi connectivity index (χ1n) is 12.0. The van der Waals surface area contributed by atoms with Crippen molar-refractivity contribution in [2.24, 2.45) is 4.99 Å². The van der Waals surface area contributed by atoms with Gasteiger partial charge in [-0.05, 0) is 82.1 Å². The van der Waals surface area contributed by atoms with E-state index in [1.807, 2.05) is 45.0 Å². The predicted molar refractivity (Wildman–Crippen MR) is 137 cm³/mol. The molecule has 0 amide bonds. The van der Waals surface area contributed by atoms with Crippen LogP contribution in [0.25, 0.3) is 0 Å². The quantitative estimate of drug-likeness (QED) is 0.552. The molecular formula is C26H33N5O3S. The number of ether oxygens (including phenoxy) is 1. The topological polar surface area (TPSA) is 99.0 Å². The molecule has 35 heavy (non-hydrogen) atoms. The molecule has 0 saturated heterocycles. The number of hydroxylamine groups is 1. The third-order valence-corrected chi connectivity index (χ3v) is 7.16. The van der Waals surface area contributed by atoms with E-state index in [9.17, 15) is 9.47 Å². The first-order chi connectivity index (χ1) is 16.9. The minimum atomic E-state index is -1.09. The lowest BCUT2D eigenvalue weighted by atomic mass is 9.84. The van der Waals surface area contributed by atoms with Crippen molar-refractivity contribution in [3.05, 3.63) is 64.2 Å². The Morgan fingerprint density at radius 1 is 1.31 bits per heavy atom. The first kappa shape index (κ1) is 25.3. The molecule has 0 aromatic heterocycles. The number of rotatable bonds is 9. The van der Waals surface area contributed by atoms with Crippen molar-refractivity contribution in [2.45, 2.75) is 51.4 Å². The summed E-state index contributed by atoms with van der Waals surface area (Å²) in [4.78, 5) is 12.6. The van der Waals surface area contributed by atoms with Gasteiger partial charge in [-0.3, -0.25) is 0 Å². The first-order valence-corrected chi connectivity index (χ1v) is 13.3. The molecule has 0 radical (unpaired) electrons. The van der Waals surface area contributed by atoms with Gasteiger partial charge >= 0.3 is 0 Å². The lowest BCUT2D eigenvalue weighted by molar-refractivity contribution is 0.180. The van der Waals surface area contributed by atoms with Crippen molar-refractivity contribution in [3.63, 3.8) is 0 Å². The number of hydrogen-bond donors (Lipinski definition) is 2. The molecule has 1 aliphatic heterocycles. The number of nitrogens with zero attached hydrogens (tertiary/aromatic N) is 3. The summed E-state index contributed by atoms with van der Waals surface area (Å²) in [5.41, 5.74) is 7.67. The van der Waals surface area contributed by atoms with Crippen LogP contribution in [0.15, 0.2) is 41.4 Å². The van der Waals surface area contributed by atoms with Gasteiger partial charge in [-0.2, -0.15) is 5.26 Å². The Balaban J connectivity index is 1.55. The van der Waals surface area contributed by atoms with E-state index >= 15 is 0 Å². The summed E-state index contributed by atoms with van der Waals surface area (Å²) < 4.78 is 21.6. The van der Waals surface area contributed by atoms with Gasteiger partial charge in [0.25, 0.3) is 0 Å². The van der Waals surface area contributed by atoms with E-state index in [2.05, 4.69) is 28.4 Å². The van der Waals surface area contributed by atoms with Gasteiger partial charge in [0.1, 0.15) is 11.8 Å².